The Labute approximate surface area is 128 Å². The summed E-state index contributed by atoms with van der Waals surface area (Å²) in [6.07, 6.45) is 12.5. The lowest BCUT2D eigenvalue weighted by Crippen LogP contribution is -2.04. The fourth-order valence-corrected chi connectivity index (χ4v) is 2.81. The highest BCUT2D eigenvalue weighted by atomic mass is 15.3. The zero-order valence-electron chi connectivity index (χ0n) is 12.2. The molecule has 3 aromatic heterocycles. The average molecular weight is 291 g/mol. The minimum absolute atomic E-state index is 0.808. The third-order valence-electron chi connectivity index (χ3n) is 3.91. The van der Waals surface area contributed by atoms with Gasteiger partial charge in [-0.2, -0.15) is 5.10 Å². The number of hydrogen-bond donors (Lipinski definition) is 1. The molecule has 0 unspecified atom stereocenters. The van der Waals surface area contributed by atoms with Crippen molar-refractivity contribution in [2.75, 3.05) is 5.32 Å². The third kappa shape index (κ3) is 2.45. The molecule has 110 valence electrons. The summed E-state index contributed by atoms with van der Waals surface area (Å²) in [5, 5.41) is 8.04. The van der Waals surface area contributed by atoms with Crippen molar-refractivity contribution in [3.05, 3.63) is 54.6 Å². The van der Waals surface area contributed by atoms with Crippen LogP contribution >= 0.6 is 0 Å². The van der Waals surface area contributed by atoms with E-state index < -0.39 is 0 Å². The molecule has 5 nitrogen and oxygen atoms in total. The van der Waals surface area contributed by atoms with Gasteiger partial charge >= 0.3 is 0 Å². The van der Waals surface area contributed by atoms with Crippen LogP contribution in [0.4, 0.5) is 11.5 Å². The minimum atomic E-state index is 0.808. The first-order valence-electron chi connectivity index (χ1n) is 7.62. The van der Waals surface area contributed by atoms with Crippen molar-refractivity contribution >= 4 is 22.7 Å². The van der Waals surface area contributed by atoms with Crippen molar-refractivity contribution < 1.29 is 0 Å². The predicted molar refractivity (Wildman–Crippen MR) is 87.0 cm³/mol. The SMILES string of the molecule is C1=C(c2cc(Nc3ccccn3)c3nccn3n2)CCCC1. The van der Waals surface area contributed by atoms with Crippen molar-refractivity contribution in [1.82, 2.24) is 19.6 Å². The summed E-state index contributed by atoms with van der Waals surface area (Å²) in [5.74, 6) is 0.808. The van der Waals surface area contributed by atoms with Crippen LogP contribution < -0.4 is 5.32 Å². The number of allylic oxidation sites excluding steroid dienone is 2. The average Bonchev–Trinajstić information content (AvgIpc) is 3.05. The second-order valence-electron chi connectivity index (χ2n) is 5.45. The van der Waals surface area contributed by atoms with E-state index in [4.69, 9.17) is 0 Å². The third-order valence-corrected chi connectivity index (χ3v) is 3.91. The lowest BCUT2D eigenvalue weighted by atomic mass is 9.97. The molecule has 0 saturated carbocycles. The molecule has 0 aliphatic heterocycles. The molecule has 0 atom stereocenters. The molecule has 3 aromatic rings. The largest absolute Gasteiger partial charge is 0.337 e. The van der Waals surface area contributed by atoms with Crippen molar-refractivity contribution in [2.24, 2.45) is 0 Å². The zero-order valence-corrected chi connectivity index (χ0v) is 12.2. The van der Waals surface area contributed by atoms with Crippen molar-refractivity contribution in [1.29, 1.82) is 0 Å². The Hall–Kier alpha value is -2.69. The van der Waals surface area contributed by atoms with Crippen LogP contribution in [0.25, 0.3) is 11.2 Å². The topological polar surface area (TPSA) is 55.1 Å². The highest BCUT2D eigenvalue weighted by molar-refractivity contribution is 5.76. The molecule has 0 spiro atoms. The summed E-state index contributed by atoms with van der Waals surface area (Å²) in [5.41, 5.74) is 4.08. The van der Waals surface area contributed by atoms with Gasteiger partial charge in [-0.1, -0.05) is 12.1 Å². The highest BCUT2D eigenvalue weighted by Gasteiger charge is 2.12. The maximum atomic E-state index is 4.69. The van der Waals surface area contributed by atoms with Gasteiger partial charge in [0.25, 0.3) is 0 Å². The van der Waals surface area contributed by atoms with E-state index in [9.17, 15) is 0 Å². The van der Waals surface area contributed by atoms with Crippen LogP contribution in [-0.2, 0) is 0 Å². The van der Waals surface area contributed by atoms with Gasteiger partial charge in [0.2, 0.25) is 0 Å². The first kappa shape index (κ1) is 13.0. The molecule has 5 heteroatoms. The number of imidazole rings is 1. The van der Waals surface area contributed by atoms with E-state index in [1.54, 1.807) is 12.4 Å². The summed E-state index contributed by atoms with van der Waals surface area (Å²) in [6.45, 7) is 0. The van der Waals surface area contributed by atoms with Gasteiger partial charge in [0.15, 0.2) is 5.65 Å². The molecule has 1 aliphatic carbocycles. The standard InChI is InChI=1S/C17H17N5/c1-2-6-13(7-3-1)14-12-15(17-19-10-11-22(17)21-14)20-16-8-4-5-9-18-16/h4-6,8-12H,1-3,7H2,(H,18,20). The smallest absolute Gasteiger partial charge is 0.177 e. The molecule has 0 radical (unpaired) electrons. The minimum Gasteiger partial charge on any atom is -0.337 e. The maximum Gasteiger partial charge on any atom is 0.177 e. The first-order valence-corrected chi connectivity index (χ1v) is 7.62. The molecule has 3 heterocycles. The summed E-state index contributed by atoms with van der Waals surface area (Å²) >= 11 is 0. The van der Waals surface area contributed by atoms with Gasteiger partial charge in [0.05, 0.1) is 11.4 Å². The molecular weight excluding hydrogens is 274 g/mol. The fourth-order valence-electron chi connectivity index (χ4n) is 2.81. The molecule has 4 rings (SSSR count). The number of anilines is 2. The lowest BCUT2D eigenvalue weighted by molar-refractivity contribution is 0.736. The molecule has 0 aromatic carbocycles. The molecule has 0 saturated heterocycles. The van der Waals surface area contributed by atoms with E-state index in [-0.39, 0.29) is 0 Å². The molecule has 22 heavy (non-hydrogen) atoms. The van der Waals surface area contributed by atoms with Gasteiger partial charge in [0.1, 0.15) is 5.82 Å². The van der Waals surface area contributed by atoms with Crippen LogP contribution in [0.5, 0.6) is 0 Å². The Kier molecular flexibility index (Phi) is 3.31. The molecular formula is C17H17N5. The monoisotopic (exact) mass is 291 g/mol. The van der Waals surface area contributed by atoms with Gasteiger partial charge in [-0.3, -0.25) is 0 Å². The number of fused-ring (bicyclic) bond motifs is 1. The van der Waals surface area contributed by atoms with Crippen LogP contribution in [0.3, 0.4) is 0 Å². The first-order chi connectivity index (χ1) is 10.9. The van der Waals surface area contributed by atoms with E-state index >= 15 is 0 Å². The van der Waals surface area contributed by atoms with Crippen LogP contribution in [0.1, 0.15) is 31.4 Å². The van der Waals surface area contributed by atoms with Gasteiger partial charge in [-0.05, 0) is 49.5 Å². The van der Waals surface area contributed by atoms with E-state index in [1.807, 2.05) is 28.9 Å². The van der Waals surface area contributed by atoms with Crippen molar-refractivity contribution in [2.45, 2.75) is 25.7 Å². The maximum absolute atomic E-state index is 4.69. The van der Waals surface area contributed by atoms with E-state index in [1.165, 1.54) is 18.4 Å². The Morgan fingerprint density at radius 3 is 2.91 bits per heavy atom. The normalized spacial score (nSPS) is 14.8. The Balaban J connectivity index is 1.79. The fraction of sp³-hybridized carbons (Fsp3) is 0.235. The molecule has 0 bridgehead atoms. The van der Waals surface area contributed by atoms with Crippen molar-refractivity contribution in [3.8, 4) is 0 Å². The molecule has 0 amide bonds. The summed E-state index contributed by atoms with van der Waals surface area (Å²) in [7, 11) is 0. The Morgan fingerprint density at radius 2 is 2.09 bits per heavy atom. The van der Waals surface area contributed by atoms with Crippen LogP contribution in [-0.4, -0.2) is 19.6 Å². The van der Waals surface area contributed by atoms with Gasteiger partial charge < -0.3 is 5.32 Å². The van der Waals surface area contributed by atoms with E-state index in [0.29, 0.717) is 0 Å². The number of pyridine rings is 1. The highest BCUT2D eigenvalue weighted by Crippen LogP contribution is 2.28. The number of rotatable bonds is 3. The number of aromatic nitrogens is 4. The van der Waals surface area contributed by atoms with E-state index in [2.05, 4.69) is 32.5 Å². The second kappa shape index (κ2) is 5.60. The number of nitrogens with zero attached hydrogens (tertiary/aromatic N) is 4. The summed E-state index contributed by atoms with van der Waals surface area (Å²) in [6, 6.07) is 7.89. The van der Waals surface area contributed by atoms with Crippen LogP contribution in [0.15, 0.2) is 48.9 Å². The molecule has 1 aliphatic rings. The molecule has 0 fully saturated rings. The van der Waals surface area contributed by atoms with Crippen molar-refractivity contribution in [3.63, 3.8) is 0 Å². The lowest BCUT2D eigenvalue weighted by Gasteiger charge is -2.14. The summed E-state index contributed by atoms with van der Waals surface area (Å²) < 4.78 is 1.83. The number of nitrogens with one attached hydrogen (secondary N) is 1. The van der Waals surface area contributed by atoms with Gasteiger partial charge in [-0.15, -0.1) is 0 Å². The quantitative estimate of drug-likeness (QED) is 0.797. The Morgan fingerprint density at radius 1 is 1.09 bits per heavy atom. The molecule has 1 N–H and O–H groups in total. The van der Waals surface area contributed by atoms with Crippen LogP contribution in [0, 0.1) is 0 Å². The van der Waals surface area contributed by atoms with Crippen LogP contribution in [0.2, 0.25) is 0 Å². The summed E-state index contributed by atoms with van der Waals surface area (Å²) in [4.78, 5) is 8.72. The second-order valence-corrected chi connectivity index (χ2v) is 5.45. The van der Waals surface area contributed by atoms with Gasteiger partial charge in [0, 0.05) is 18.6 Å². The van der Waals surface area contributed by atoms with E-state index in [0.717, 1.165) is 35.7 Å². The Bertz CT molecular complexity index is 819. The predicted octanol–water partition coefficient (Wildman–Crippen LogP) is 3.83. The zero-order chi connectivity index (χ0) is 14.8. The number of hydrogen-bond acceptors (Lipinski definition) is 4. The van der Waals surface area contributed by atoms with Gasteiger partial charge in [-0.25, -0.2) is 14.5 Å².